The molecule has 0 aliphatic heterocycles. The van der Waals surface area contributed by atoms with Crippen LogP contribution in [-0.2, 0) is 19.1 Å². The average molecular weight is 408 g/mol. The highest BCUT2D eigenvalue weighted by Crippen LogP contribution is 2.57. The van der Waals surface area contributed by atoms with E-state index in [1.165, 1.54) is 0 Å². The summed E-state index contributed by atoms with van der Waals surface area (Å²) in [7, 11) is 1.63. The summed E-state index contributed by atoms with van der Waals surface area (Å²) in [6, 6.07) is 7.56. The molecule has 5 nitrogen and oxygen atoms in total. The number of fused-ring (bicyclic) bond motifs is 2. The molecule has 1 aromatic carbocycles. The summed E-state index contributed by atoms with van der Waals surface area (Å²) in [4.78, 5) is 25.6. The number of rotatable bonds is 5. The number of carbonyl (C=O) groups excluding carboxylic acids is 2. The van der Waals surface area contributed by atoms with Crippen molar-refractivity contribution in [2.24, 2.45) is 17.8 Å². The second-order valence-corrected chi connectivity index (χ2v) is 7.59. The molecule has 1 saturated carbocycles. The topological polar surface area (TPSA) is 61.8 Å². The fourth-order valence-electron chi connectivity index (χ4n) is 4.49. The van der Waals surface area contributed by atoms with Gasteiger partial charge in [0.2, 0.25) is 0 Å². The van der Waals surface area contributed by atoms with Gasteiger partial charge in [0.1, 0.15) is 5.75 Å². The van der Waals surface area contributed by atoms with E-state index in [0.717, 1.165) is 22.5 Å². The number of ether oxygens (including phenoxy) is 3. The van der Waals surface area contributed by atoms with Gasteiger partial charge in [0.05, 0.1) is 31.5 Å². The molecule has 3 unspecified atom stereocenters. The second kappa shape index (κ2) is 9.21. The van der Waals surface area contributed by atoms with Gasteiger partial charge in [-0.05, 0) is 58.4 Å². The maximum Gasteiger partial charge on any atom is 0.335 e. The fraction of sp³-hybridized carbons (Fsp3) is 0.440. The highest BCUT2D eigenvalue weighted by Gasteiger charge is 2.54. The molecule has 5 heteroatoms. The van der Waals surface area contributed by atoms with E-state index >= 15 is 0 Å². The fourth-order valence-corrected chi connectivity index (χ4v) is 4.49. The van der Waals surface area contributed by atoms with Crippen LogP contribution >= 0.6 is 0 Å². The Labute approximate surface area is 178 Å². The molecule has 0 heterocycles. The van der Waals surface area contributed by atoms with Gasteiger partial charge in [0, 0.05) is 23.3 Å². The normalized spacial score (nSPS) is 21.8. The van der Waals surface area contributed by atoms with Gasteiger partial charge in [-0.3, -0.25) is 0 Å². The molecule has 30 heavy (non-hydrogen) atoms. The molecule has 0 N–H and O–H groups in total. The molecule has 2 bridgehead atoms. The van der Waals surface area contributed by atoms with E-state index < -0.39 is 11.9 Å². The Hall–Kier alpha value is -3.00. The first-order valence-corrected chi connectivity index (χ1v) is 10.3. The Morgan fingerprint density at radius 2 is 1.60 bits per heavy atom. The van der Waals surface area contributed by atoms with E-state index in [0.29, 0.717) is 17.6 Å². The highest BCUT2D eigenvalue weighted by atomic mass is 16.5. The van der Waals surface area contributed by atoms with Crippen molar-refractivity contribution in [2.45, 2.75) is 34.1 Å². The van der Waals surface area contributed by atoms with Crippen LogP contribution in [0, 0.1) is 29.6 Å². The number of benzene rings is 1. The zero-order valence-corrected chi connectivity index (χ0v) is 18.2. The van der Waals surface area contributed by atoms with Crippen molar-refractivity contribution < 1.29 is 23.8 Å². The van der Waals surface area contributed by atoms with E-state index in [9.17, 15) is 9.59 Å². The van der Waals surface area contributed by atoms with Crippen molar-refractivity contribution in [1.29, 1.82) is 0 Å². The first-order valence-electron chi connectivity index (χ1n) is 10.3. The summed E-state index contributed by atoms with van der Waals surface area (Å²) in [5.41, 5.74) is 3.98. The largest absolute Gasteiger partial charge is 0.497 e. The van der Waals surface area contributed by atoms with E-state index in [1.54, 1.807) is 21.0 Å². The summed E-state index contributed by atoms with van der Waals surface area (Å²) in [6.45, 7) is 8.08. The quantitative estimate of drug-likeness (QED) is 0.418. The van der Waals surface area contributed by atoms with Crippen molar-refractivity contribution >= 4 is 11.9 Å². The van der Waals surface area contributed by atoms with E-state index in [2.05, 4.69) is 11.8 Å². The van der Waals surface area contributed by atoms with Crippen LogP contribution in [0.4, 0.5) is 0 Å². The van der Waals surface area contributed by atoms with Crippen LogP contribution in [0.25, 0.3) is 0 Å². The minimum Gasteiger partial charge on any atom is -0.497 e. The summed E-state index contributed by atoms with van der Waals surface area (Å²) < 4.78 is 15.8. The van der Waals surface area contributed by atoms with Gasteiger partial charge in [-0.2, -0.15) is 0 Å². The third kappa shape index (κ3) is 4.00. The molecule has 2 aliphatic carbocycles. The zero-order valence-electron chi connectivity index (χ0n) is 18.2. The lowest BCUT2D eigenvalue weighted by atomic mass is 9.83. The summed E-state index contributed by atoms with van der Waals surface area (Å²) in [5.74, 6) is 6.05. The maximum absolute atomic E-state index is 12.8. The predicted octanol–water partition coefficient (Wildman–Crippen LogP) is 4.07. The average Bonchev–Trinajstić information content (AvgIpc) is 3.26. The maximum atomic E-state index is 12.8. The molecule has 0 saturated heterocycles. The van der Waals surface area contributed by atoms with Gasteiger partial charge in [0.25, 0.3) is 0 Å². The predicted molar refractivity (Wildman–Crippen MR) is 114 cm³/mol. The number of allylic oxidation sites excluding steroid dienone is 2. The molecule has 0 spiro atoms. The summed E-state index contributed by atoms with van der Waals surface area (Å²) in [6.07, 6.45) is 0.700. The van der Waals surface area contributed by atoms with Gasteiger partial charge < -0.3 is 14.2 Å². The van der Waals surface area contributed by atoms with Crippen molar-refractivity contribution in [3.8, 4) is 17.6 Å². The molecule has 2 aliphatic rings. The second-order valence-electron chi connectivity index (χ2n) is 7.59. The number of hydrogen-bond donors (Lipinski definition) is 0. The number of carbonyl (C=O) groups is 2. The summed E-state index contributed by atoms with van der Waals surface area (Å²) >= 11 is 0. The first-order chi connectivity index (χ1) is 14.4. The zero-order chi connectivity index (χ0) is 21.8. The lowest BCUT2D eigenvalue weighted by Crippen LogP contribution is -2.25. The minimum absolute atomic E-state index is 0.0559. The van der Waals surface area contributed by atoms with Crippen LogP contribution in [-0.4, -0.2) is 32.3 Å². The van der Waals surface area contributed by atoms with Crippen molar-refractivity contribution in [1.82, 2.24) is 0 Å². The molecule has 3 atom stereocenters. The van der Waals surface area contributed by atoms with E-state index in [1.807, 2.05) is 38.1 Å². The number of esters is 2. The molecule has 1 aromatic rings. The third-order valence-electron chi connectivity index (χ3n) is 5.61. The number of methoxy groups -OCH3 is 1. The molecule has 3 rings (SSSR count). The van der Waals surface area contributed by atoms with E-state index in [-0.39, 0.29) is 31.0 Å². The van der Waals surface area contributed by atoms with Gasteiger partial charge in [-0.1, -0.05) is 23.0 Å². The Morgan fingerprint density at radius 1 is 1.00 bits per heavy atom. The van der Waals surface area contributed by atoms with Gasteiger partial charge in [0.15, 0.2) is 0 Å². The SMILES string of the molecule is CCOC(=O)C1=C(C(=O)OCC)C2C(=C(C)C)C1CC2C#Cc1ccc(OC)cc1. The van der Waals surface area contributed by atoms with Crippen LogP contribution in [0.3, 0.4) is 0 Å². The van der Waals surface area contributed by atoms with Crippen molar-refractivity contribution in [3.05, 3.63) is 52.1 Å². The Kier molecular flexibility index (Phi) is 6.66. The molecule has 0 radical (unpaired) electrons. The number of hydrogen-bond acceptors (Lipinski definition) is 5. The molecule has 0 aromatic heterocycles. The minimum atomic E-state index is -0.442. The van der Waals surface area contributed by atoms with Crippen LogP contribution in [0.15, 0.2) is 46.6 Å². The van der Waals surface area contributed by atoms with Crippen molar-refractivity contribution in [2.75, 3.05) is 20.3 Å². The van der Waals surface area contributed by atoms with Crippen LogP contribution in [0.1, 0.15) is 39.7 Å². The standard InChI is InChI=1S/C25H28O5/c1-6-29-24(26)22-19-14-17(11-8-16-9-12-18(28-5)13-10-16)21(20(19)15(3)4)23(22)25(27)30-7-2/h9-10,12-13,17,19,21H,6-7,14H2,1-5H3. The Morgan fingerprint density at radius 3 is 2.13 bits per heavy atom. The van der Waals surface area contributed by atoms with Gasteiger partial charge in [-0.15, -0.1) is 0 Å². The van der Waals surface area contributed by atoms with Crippen LogP contribution in [0.5, 0.6) is 5.75 Å². The van der Waals surface area contributed by atoms with Crippen LogP contribution in [0.2, 0.25) is 0 Å². The Bertz CT molecular complexity index is 951. The molecule has 0 amide bonds. The smallest absolute Gasteiger partial charge is 0.335 e. The molecule has 1 fully saturated rings. The van der Waals surface area contributed by atoms with Crippen molar-refractivity contribution in [3.63, 3.8) is 0 Å². The third-order valence-corrected chi connectivity index (χ3v) is 5.61. The molecular weight excluding hydrogens is 380 g/mol. The first kappa shape index (κ1) is 21.7. The monoisotopic (exact) mass is 408 g/mol. The van der Waals surface area contributed by atoms with Crippen LogP contribution < -0.4 is 4.74 Å². The summed E-state index contributed by atoms with van der Waals surface area (Å²) in [5, 5.41) is 0. The Balaban J connectivity index is 2.02. The van der Waals surface area contributed by atoms with Gasteiger partial charge in [-0.25, -0.2) is 9.59 Å². The lowest BCUT2D eigenvalue weighted by Gasteiger charge is -2.21. The molecular formula is C25H28O5. The molecule has 158 valence electrons. The lowest BCUT2D eigenvalue weighted by molar-refractivity contribution is -0.142. The highest BCUT2D eigenvalue weighted by molar-refractivity contribution is 6.04. The van der Waals surface area contributed by atoms with Gasteiger partial charge >= 0.3 is 11.9 Å². The van der Waals surface area contributed by atoms with E-state index in [4.69, 9.17) is 14.2 Å².